The van der Waals surface area contributed by atoms with Crippen molar-refractivity contribution in [2.75, 3.05) is 0 Å². The summed E-state index contributed by atoms with van der Waals surface area (Å²) >= 11 is 0. The van der Waals surface area contributed by atoms with Crippen LogP contribution in [0.3, 0.4) is 0 Å². The summed E-state index contributed by atoms with van der Waals surface area (Å²) in [6, 6.07) is 19.7. The minimum atomic E-state index is -0.429. The molecule has 0 saturated heterocycles. The Bertz CT molecular complexity index is 1530. The van der Waals surface area contributed by atoms with Gasteiger partial charge in [0.25, 0.3) is 5.69 Å². The van der Waals surface area contributed by atoms with Gasteiger partial charge in [0.15, 0.2) is 5.58 Å². The molecule has 8 heteroatoms. The molecule has 2 aromatic heterocycles. The van der Waals surface area contributed by atoms with Gasteiger partial charge in [0.1, 0.15) is 22.9 Å². The van der Waals surface area contributed by atoms with Crippen LogP contribution >= 0.6 is 0 Å². The van der Waals surface area contributed by atoms with Crippen LogP contribution in [-0.2, 0) is 0 Å². The Balaban J connectivity index is 1.39. The van der Waals surface area contributed by atoms with E-state index in [9.17, 15) is 14.5 Å². The number of furan rings is 1. The quantitative estimate of drug-likeness (QED) is 0.169. The number of hydrogen-bond acceptors (Lipinski definition) is 6. The maximum absolute atomic E-state index is 14.0. The Morgan fingerprint density at radius 2 is 1.85 bits per heavy atom. The molecule has 0 radical (unpaired) electrons. The van der Waals surface area contributed by atoms with Gasteiger partial charge >= 0.3 is 0 Å². The van der Waals surface area contributed by atoms with Gasteiger partial charge in [-0.15, -0.1) is 0 Å². The summed E-state index contributed by atoms with van der Waals surface area (Å²) in [6.07, 6.45) is 1.57. The number of nitrogens with zero attached hydrogens (tertiary/aromatic N) is 3. The van der Waals surface area contributed by atoms with Crippen LogP contribution in [0.1, 0.15) is 11.3 Å². The molecule has 5 rings (SSSR count). The van der Waals surface area contributed by atoms with Crippen LogP contribution in [0.15, 0.2) is 86.6 Å². The Kier molecular flexibility index (Phi) is 5.02. The van der Waals surface area contributed by atoms with Crippen molar-refractivity contribution in [3.8, 4) is 22.8 Å². The molecule has 5 aromatic rings. The smallest absolute Gasteiger partial charge is 0.269 e. The molecule has 0 fully saturated rings. The largest absolute Gasteiger partial charge is 0.455 e. The van der Waals surface area contributed by atoms with Crippen LogP contribution in [0.2, 0.25) is 0 Å². The number of aryl methyl sites for hydroxylation is 1. The maximum Gasteiger partial charge on any atom is 0.269 e. The lowest BCUT2D eigenvalue weighted by Crippen LogP contribution is -1.89. The van der Waals surface area contributed by atoms with E-state index in [0.29, 0.717) is 33.9 Å². The van der Waals surface area contributed by atoms with Crippen molar-refractivity contribution < 1.29 is 18.1 Å². The molecule has 0 aliphatic carbocycles. The van der Waals surface area contributed by atoms with Crippen molar-refractivity contribution in [1.29, 1.82) is 0 Å². The van der Waals surface area contributed by atoms with Crippen molar-refractivity contribution >= 4 is 28.7 Å². The Labute approximate surface area is 187 Å². The van der Waals surface area contributed by atoms with Crippen molar-refractivity contribution in [2.45, 2.75) is 6.92 Å². The van der Waals surface area contributed by atoms with Crippen LogP contribution in [0.5, 0.6) is 0 Å². The standard InChI is InChI=1S/C25H16FN3O4/c1-15-12-17(29(30)31)7-9-19(15)23-11-8-18(32-23)14-27-16-6-10-24-22(13-16)28-25(33-24)20-4-2-3-5-21(20)26/h2-14H,1H3. The van der Waals surface area contributed by atoms with Gasteiger partial charge < -0.3 is 8.83 Å². The van der Waals surface area contributed by atoms with Crippen LogP contribution in [-0.4, -0.2) is 16.1 Å². The van der Waals surface area contributed by atoms with Crippen LogP contribution in [0, 0.1) is 22.9 Å². The van der Waals surface area contributed by atoms with E-state index in [-0.39, 0.29) is 11.6 Å². The van der Waals surface area contributed by atoms with Gasteiger partial charge in [0.2, 0.25) is 5.89 Å². The molecule has 0 atom stereocenters. The number of aromatic nitrogens is 1. The first-order valence-corrected chi connectivity index (χ1v) is 10.0. The molecule has 162 valence electrons. The maximum atomic E-state index is 14.0. The Morgan fingerprint density at radius 1 is 1.00 bits per heavy atom. The van der Waals surface area contributed by atoms with E-state index in [2.05, 4.69) is 9.98 Å². The van der Waals surface area contributed by atoms with Gasteiger partial charge in [-0.3, -0.25) is 15.1 Å². The molecular weight excluding hydrogens is 425 g/mol. The van der Waals surface area contributed by atoms with Crippen molar-refractivity contribution in [2.24, 2.45) is 4.99 Å². The number of fused-ring (bicyclic) bond motifs is 1. The van der Waals surface area contributed by atoms with Gasteiger partial charge in [0.05, 0.1) is 22.4 Å². The third-order valence-corrected chi connectivity index (χ3v) is 5.13. The minimum Gasteiger partial charge on any atom is -0.455 e. The zero-order chi connectivity index (χ0) is 22.9. The highest BCUT2D eigenvalue weighted by Gasteiger charge is 2.13. The van der Waals surface area contributed by atoms with E-state index in [4.69, 9.17) is 8.83 Å². The molecule has 0 aliphatic heterocycles. The minimum absolute atomic E-state index is 0.0333. The van der Waals surface area contributed by atoms with E-state index >= 15 is 0 Å². The molecule has 0 aliphatic rings. The zero-order valence-corrected chi connectivity index (χ0v) is 17.4. The molecule has 0 saturated carbocycles. The zero-order valence-electron chi connectivity index (χ0n) is 17.4. The number of non-ortho nitro benzene ring substituents is 1. The average Bonchev–Trinajstić information content (AvgIpc) is 3.44. The highest BCUT2D eigenvalue weighted by Crippen LogP contribution is 2.30. The second kappa shape index (κ2) is 8.16. The number of halogens is 1. The first-order chi connectivity index (χ1) is 16.0. The van der Waals surface area contributed by atoms with Gasteiger partial charge in [-0.2, -0.15) is 0 Å². The summed E-state index contributed by atoms with van der Waals surface area (Å²) in [6.45, 7) is 1.79. The molecule has 33 heavy (non-hydrogen) atoms. The molecular formula is C25H16FN3O4. The highest BCUT2D eigenvalue weighted by molar-refractivity contribution is 5.84. The SMILES string of the molecule is Cc1cc([N+](=O)[O-])ccc1-c1ccc(C=Nc2ccc3oc(-c4ccccc4F)nc3c2)o1. The molecule has 0 spiro atoms. The summed E-state index contributed by atoms with van der Waals surface area (Å²) in [4.78, 5) is 19.3. The second-order valence-electron chi connectivity index (χ2n) is 7.37. The van der Waals surface area contributed by atoms with E-state index in [1.165, 1.54) is 18.2 Å². The molecule has 0 unspecified atom stereocenters. The number of nitro groups is 1. The van der Waals surface area contributed by atoms with Gasteiger partial charge in [-0.25, -0.2) is 9.37 Å². The number of benzene rings is 3. The summed E-state index contributed by atoms with van der Waals surface area (Å²) in [5.74, 6) is 0.915. The van der Waals surface area contributed by atoms with Gasteiger partial charge in [0, 0.05) is 17.7 Å². The normalized spacial score (nSPS) is 11.5. The molecule has 0 bridgehead atoms. The third-order valence-electron chi connectivity index (χ3n) is 5.13. The lowest BCUT2D eigenvalue weighted by atomic mass is 10.1. The highest BCUT2D eigenvalue weighted by atomic mass is 19.1. The average molecular weight is 441 g/mol. The summed E-state index contributed by atoms with van der Waals surface area (Å²) in [7, 11) is 0. The fourth-order valence-corrected chi connectivity index (χ4v) is 3.49. The van der Waals surface area contributed by atoms with E-state index in [1.54, 1.807) is 67.7 Å². The number of oxazole rings is 1. The fourth-order valence-electron chi connectivity index (χ4n) is 3.49. The lowest BCUT2D eigenvalue weighted by Gasteiger charge is -2.02. The third kappa shape index (κ3) is 4.01. The number of rotatable bonds is 5. The first-order valence-electron chi connectivity index (χ1n) is 10.0. The Morgan fingerprint density at radius 3 is 2.64 bits per heavy atom. The Hall–Kier alpha value is -4.59. The number of aliphatic imine (C=N–C) groups is 1. The topological polar surface area (TPSA) is 94.7 Å². The van der Waals surface area contributed by atoms with Crippen LogP contribution in [0.25, 0.3) is 33.9 Å². The summed E-state index contributed by atoms with van der Waals surface area (Å²) in [5, 5.41) is 10.9. The molecule has 3 aromatic carbocycles. The van der Waals surface area contributed by atoms with Crippen LogP contribution in [0.4, 0.5) is 15.8 Å². The second-order valence-corrected chi connectivity index (χ2v) is 7.37. The first kappa shape index (κ1) is 20.3. The van der Waals surface area contributed by atoms with Crippen LogP contribution < -0.4 is 0 Å². The molecule has 0 amide bonds. The molecule has 0 N–H and O–H groups in total. The molecule has 7 nitrogen and oxygen atoms in total. The fraction of sp³-hybridized carbons (Fsp3) is 0.0400. The van der Waals surface area contributed by atoms with Gasteiger partial charge in [-0.1, -0.05) is 12.1 Å². The van der Waals surface area contributed by atoms with Crippen molar-refractivity contribution in [3.05, 3.63) is 100 Å². The predicted molar refractivity (Wildman–Crippen MR) is 122 cm³/mol. The van der Waals surface area contributed by atoms with Crippen molar-refractivity contribution in [3.63, 3.8) is 0 Å². The lowest BCUT2D eigenvalue weighted by molar-refractivity contribution is -0.384. The number of hydrogen-bond donors (Lipinski definition) is 0. The summed E-state index contributed by atoms with van der Waals surface area (Å²) < 4.78 is 25.5. The monoisotopic (exact) mass is 441 g/mol. The predicted octanol–water partition coefficient (Wildman–Crippen LogP) is 6.86. The van der Waals surface area contributed by atoms with E-state index in [1.807, 2.05) is 0 Å². The molecule has 2 heterocycles. The summed E-state index contributed by atoms with van der Waals surface area (Å²) in [5.41, 5.74) is 3.55. The number of nitro benzene ring substituents is 1. The van der Waals surface area contributed by atoms with Crippen molar-refractivity contribution in [1.82, 2.24) is 4.98 Å². The van der Waals surface area contributed by atoms with E-state index in [0.717, 1.165) is 11.1 Å². The van der Waals surface area contributed by atoms with E-state index < -0.39 is 10.7 Å². The van der Waals surface area contributed by atoms with Gasteiger partial charge in [-0.05, 0) is 61.0 Å².